The lowest BCUT2D eigenvalue weighted by atomic mass is 10.3. The van der Waals surface area contributed by atoms with Gasteiger partial charge in [-0.25, -0.2) is 9.97 Å². The molecule has 1 rings (SSSR count). The molecule has 1 heterocycles. The van der Waals surface area contributed by atoms with E-state index in [1.54, 1.807) is 19.1 Å². The highest BCUT2D eigenvalue weighted by Crippen LogP contribution is 2.07. The lowest BCUT2D eigenvalue weighted by molar-refractivity contribution is 0.0952. The van der Waals surface area contributed by atoms with Gasteiger partial charge in [-0.3, -0.25) is 4.79 Å². The summed E-state index contributed by atoms with van der Waals surface area (Å²) in [6.45, 7) is 8.73. The van der Waals surface area contributed by atoms with Crippen molar-refractivity contribution in [3.63, 3.8) is 0 Å². The maximum atomic E-state index is 11.8. The van der Waals surface area contributed by atoms with E-state index in [0.29, 0.717) is 23.9 Å². The first-order chi connectivity index (χ1) is 8.67. The van der Waals surface area contributed by atoms with Crippen molar-refractivity contribution in [1.29, 1.82) is 0 Å². The second-order valence-corrected chi connectivity index (χ2v) is 3.96. The van der Waals surface area contributed by atoms with Gasteiger partial charge in [0.25, 0.3) is 5.91 Å². The Morgan fingerprint density at radius 2 is 2.28 bits per heavy atom. The van der Waals surface area contributed by atoms with Gasteiger partial charge >= 0.3 is 0 Å². The van der Waals surface area contributed by atoms with Crippen LogP contribution in [-0.2, 0) is 0 Å². The fraction of sp³-hybridized carbons (Fsp3) is 0.462. The van der Waals surface area contributed by atoms with Crippen molar-refractivity contribution in [2.75, 3.05) is 18.4 Å². The number of aromatic nitrogens is 2. The summed E-state index contributed by atoms with van der Waals surface area (Å²) in [4.78, 5) is 20.1. The molecule has 0 fully saturated rings. The normalized spacial score (nSPS) is 9.89. The minimum absolute atomic E-state index is 0.209. The summed E-state index contributed by atoms with van der Waals surface area (Å²) in [5, 5.41) is 5.88. The van der Waals surface area contributed by atoms with Crippen molar-refractivity contribution in [3.8, 4) is 0 Å². The van der Waals surface area contributed by atoms with Crippen molar-refractivity contribution in [2.45, 2.75) is 26.7 Å². The Morgan fingerprint density at radius 3 is 2.94 bits per heavy atom. The Morgan fingerprint density at radius 1 is 1.50 bits per heavy atom. The smallest absolute Gasteiger partial charge is 0.270 e. The van der Waals surface area contributed by atoms with Crippen molar-refractivity contribution in [3.05, 3.63) is 30.2 Å². The van der Waals surface area contributed by atoms with Gasteiger partial charge in [-0.15, -0.1) is 6.58 Å². The van der Waals surface area contributed by atoms with Crippen LogP contribution in [0.15, 0.2) is 18.7 Å². The number of nitrogens with one attached hydrogen (secondary N) is 2. The summed E-state index contributed by atoms with van der Waals surface area (Å²) in [5.74, 6) is 1.07. The minimum atomic E-state index is -0.209. The molecule has 2 N–H and O–H groups in total. The van der Waals surface area contributed by atoms with Gasteiger partial charge in [0.2, 0.25) is 0 Å². The summed E-state index contributed by atoms with van der Waals surface area (Å²) in [5.41, 5.74) is 0.378. The number of hydrogen-bond donors (Lipinski definition) is 2. The molecule has 1 aromatic rings. The Bertz CT molecular complexity index is 417. The number of hydrogen-bond acceptors (Lipinski definition) is 4. The van der Waals surface area contributed by atoms with Crippen LogP contribution >= 0.6 is 0 Å². The van der Waals surface area contributed by atoms with Gasteiger partial charge in [-0.1, -0.05) is 19.4 Å². The molecule has 0 aliphatic heterocycles. The van der Waals surface area contributed by atoms with E-state index in [9.17, 15) is 4.79 Å². The van der Waals surface area contributed by atoms with Crippen LogP contribution in [0.1, 0.15) is 36.1 Å². The summed E-state index contributed by atoms with van der Waals surface area (Å²) >= 11 is 0. The van der Waals surface area contributed by atoms with E-state index in [1.165, 1.54) is 0 Å². The predicted octanol–water partition coefficient (Wildman–Crippen LogP) is 1.91. The van der Waals surface area contributed by atoms with E-state index in [1.807, 2.05) is 0 Å². The second kappa shape index (κ2) is 7.42. The van der Waals surface area contributed by atoms with E-state index in [-0.39, 0.29) is 5.91 Å². The van der Waals surface area contributed by atoms with Crippen molar-refractivity contribution in [1.82, 2.24) is 15.3 Å². The topological polar surface area (TPSA) is 66.9 Å². The van der Waals surface area contributed by atoms with E-state index in [4.69, 9.17) is 0 Å². The lowest BCUT2D eigenvalue weighted by Gasteiger charge is -2.08. The van der Waals surface area contributed by atoms with E-state index in [0.717, 1.165) is 19.4 Å². The number of aryl methyl sites for hydroxylation is 1. The van der Waals surface area contributed by atoms with Gasteiger partial charge in [0, 0.05) is 19.2 Å². The second-order valence-electron chi connectivity index (χ2n) is 3.96. The van der Waals surface area contributed by atoms with Crippen molar-refractivity contribution < 1.29 is 4.79 Å². The molecule has 1 amide bonds. The van der Waals surface area contributed by atoms with Crippen molar-refractivity contribution >= 4 is 11.7 Å². The molecule has 0 radical (unpaired) electrons. The third-order valence-corrected chi connectivity index (χ3v) is 2.31. The number of anilines is 1. The lowest BCUT2D eigenvalue weighted by Crippen LogP contribution is -2.25. The third-order valence-electron chi connectivity index (χ3n) is 2.31. The zero-order chi connectivity index (χ0) is 13.4. The van der Waals surface area contributed by atoms with Gasteiger partial charge in [0.05, 0.1) is 0 Å². The molecule has 5 nitrogen and oxygen atoms in total. The first kappa shape index (κ1) is 14.2. The van der Waals surface area contributed by atoms with Crippen LogP contribution in [0, 0.1) is 6.92 Å². The molecule has 0 aliphatic rings. The van der Waals surface area contributed by atoms with Crippen LogP contribution in [0.4, 0.5) is 5.82 Å². The maximum absolute atomic E-state index is 11.8. The number of carbonyl (C=O) groups is 1. The molecule has 0 spiro atoms. The number of unbranched alkanes of at least 4 members (excludes halogenated alkanes) is 1. The molecule has 0 bridgehead atoms. The molecular weight excluding hydrogens is 228 g/mol. The average molecular weight is 248 g/mol. The fourth-order valence-electron chi connectivity index (χ4n) is 1.42. The van der Waals surface area contributed by atoms with E-state index >= 15 is 0 Å². The maximum Gasteiger partial charge on any atom is 0.270 e. The molecule has 98 valence electrons. The molecule has 0 aromatic carbocycles. The SMILES string of the molecule is C=CCNC(=O)c1cc(NCCCC)nc(C)n1. The van der Waals surface area contributed by atoms with Gasteiger partial charge in [0.1, 0.15) is 17.3 Å². The van der Waals surface area contributed by atoms with Crippen LogP contribution in [0.2, 0.25) is 0 Å². The third kappa shape index (κ3) is 4.53. The summed E-state index contributed by atoms with van der Waals surface area (Å²) in [7, 11) is 0. The Kier molecular flexibility index (Phi) is 5.84. The highest BCUT2D eigenvalue weighted by Gasteiger charge is 2.09. The van der Waals surface area contributed by atoms with Gasteiger partial charge in [-0.05, 0) is 13.3 Å². The predicted molar refractivity (Wildman–Crippen MR) is 72.7 cm³/mol. The number of amides is 1. The molecule has 0 unspecified atom stereocenters. The largest absolute Gasteiger partial charge is 0.370 e. The molecule has 18 heavy (non-hydrogen) atoms. The van der Waals surface area contributed by atoms with Crippen LogP contribution < -0.4 is 10.6 Å². The Labute approximate surface area is 108 Å². The highest BCUT2D eigenvalue weighted by molar-refractivity contribution is 5.93. The Hall–Kier alpha value is -1.91. The standard InChI is InChI=1S/C13H20N4O/c1-4-6-8-14-12-9-11(16-10(3)17-12)13(18)15-7-5-2/h5,9H,2,4,6-8H2,1,3H3,(H,15,18)(H,14,16,17). The molecule has 0 saturated carbocycles. The minimum Gasteiger partial charge on any atom is -0.370 e. The summed E-state index contributed by atoms with van der Waals surface area (Å²) in [6.07, 6.45) is 3.82. The Balaban J connectivity index is 2.73. The zero-order valence-electron chi connectivity index (χ0n) is 11.0. The van der Waals surface area contributed by atoms with E-state index in [2.05, 4.69) is 34.1 Å². The average Bonchev–Trinajstić information content (AvgIpc) is 2.35. The zero-order valence-corrected chi connectivity index (χ0v) is 11.0. The molecular formula is C13H20N4O. The first-order valence-electron chi connectivity index (χ1n) is 6.16. The number of rotatable bonds is 7. The van der Waals surface area contributed by atoms with Gasteiger partial charge < -0.3 is 10.6 Å². The summed E-state index contributed by atoms with van der Waals surface area (Å²) < 4.78 is 0. The van der Waals surface area contributed by atoms with Gasteiger partial charge in [-0.2, -0.15) is 0 Å². The molecule has 5 heteroatoms. The van der Waals surface area contributed by atoms with Gasteiger partial charge in [0.15, 0.2) is 0 Å². The molecule has 0 saturated heterocycles. The number of carbonyl (C=O) groups excluding carboxylic acids is 1. The van der Waals surface area contributed by atoms with Crippen LogP contribution in [0.25, 0.3) is 0 Å². The fourth-order valence-corrected chi connectivity index (χ4v) is 1.42. The quantitative estimate of drug-likeness (QED) is 0.571. The van der Waals surface area contributed by atoms with Crippen LogP contribution in [0.5, 0.6) is 0 Å². The monoisotopic (exact) mass is 248 g/mol. The summed E-state index contributed by atoms with van der Waals surface area (Å²) in [6, 6.07) is 1.67. The molecule has 1 aromatic heterocycles. The molecule has 0 aliphatic carbocycles. The van der Waals surface area contributed by atoms with Crippen molar-refractivity contribution in [2.24, 2.45) is 0 Å². The highest BCUT2D eigenvalue weighted by atomic mass is 16.1. The first-order valence-corrected chi connectivity index (χ1v) is 6.16. The molecule has 0 atom stereocenters. The van der Waals surface area contributed by atoms with E-state index < -0.39 is 0 Å². The number of nitrogens with zero attached hydrogens (tertiary/aromatic N) is 2. The van der Waals surface area contributed by atoms with Crippen LogP contribution in [-0.4, -0.2) is 29.0 Å². The van der Waals surface area contributed by atoms with Crippen LogP contribution in [0.3, 0.4) is 0 Å².